The first-order chi connectivity index (χ1) is 12.5. The number of aliphatic hydroxyl groups is 1. The molecule has 0 aromatic heterocycles. The van der Waals surface area contributed by atoms with E-state index < -0.39 is 17.7 Å². The van der Waals surface area contributed by atoms with Gasteiger partial charge in [0.1, 0.15) is 0 Å². The average molecular weight is 346 g/mol. The van der Waals surface area contributed by atoms with E-state index in [2.05, 4.69) is 0 Å². The number of benzene rings is 3. The molecule has 2 atom stereocenters. The summed E-state index contributed by atoms with van der Waals surface area (Å²) in [5.74, 6) is -0.444. The molecule has 3 aromatic carbocycles. The third kappa shape index (κ3) is 3.53. The molecule has 3 rings (SSSR count). The van der Waals surface area contributed by atoms with Crippen molar-refractivity contribution in [3.8, 4) is 0 Å². The van der Waals surface area contributed by atoms with E-state index >= 15 is 0 Å². The van der Waals surface area contributed by atoms with E-state index in [0.717, 1.165) is 11.1 Å². The molecule has 0 saturated heterocycles. The van der Waals surface area contributed by atoms with Gasteiger partial charge in [-0.3, -0.25) is 4.79 Å². The maximum atomic E-state index is 11.9. The fraction of sp³-hybridized carbons (Fsp3) is 0.174. The summed E-state index contributed by atoms with van der Waals surface area (Å²) in [4.78, 5) is 11.9. The lowest BCUT2D eigenvalue weighted by Gasteiger charge is -2.37. The van der Waals surface area contributed by atoms with Crippen LogP contribution in [0.25, 0.3) is 0 Å². The van der Waals surface area contributed by atoms with E-state index in [1.54, 1.807) is 0 Å². The minimum Gasteiger partial charge on any atom is -0.454 e. The third-order valence-electron chi connectivity index (χ3n) is 4.47. The van der Waals surface area contributed by atoms with Gasteiger partial charge in [0, 0.05) is 6.92 Å². The van der Waals surface area contributed by atoms with Crippen molar-refractivity contribution < 1.29 is 14.6 Å². The molecule has 0 aliphatic rings. The van der Waals surface area contributed by atoms with Crippen molar-refractivity contribution >= 4 is 5.97 Å². The number of carbonyl (C=O) groups excluding carboxylic acids is 1. The van der Waals surface area contributed by atoms with Crippen molar-refractivity contribution in [2.45, 2.75) is 25.6 Å². The fourth-order valence-corrected chi connectivity index (χ4v) is 3.16. The Hall–Kier alpha value is -2.91. The first-order valence-electron chi connectivity index (χ1n) is 8.59. The van der Waals surface area contributed by atoms with Crippen molar-refractivity contribution in [3.05, 3.63) is 107 Å². The standard InChI is InChI=1S/C23H22O3/c1-17-13-15-21(16-14-17)23(25,20-11-7-4-8-12-20)22(26-18(2)24)19-9-5-3-6-10-19/h3-16,22,25H,1-2H3/t22-,23+/m1/s1. The first kappa shape index (κ1) is 17.9. The molecule has 0 saturated carbocycles. The van der Waals surface area contributed by atoms with Crippen molar-refractivity contribution in [1.82, 2.24) is 0 Å². The highest BCUT2D eigenvalue weighted by molar-refractivity contribution is 5.67. The van der Waals surface area contributed by atoms with Crippen LogP contribution in [0.3, 0.4) is 0 Å². The summed E-state index contributed by atoms with van der Waals surface area (Å²) in [6.07, 6.45) is -0.869. The summed E-state index contributed by atoms with van der Waals surface area (Å²) >= 11 is 0. The number of hydrogen-bond acceptors (Lipinski definition) is 3. The fourth-order valence-electron chi connectivity index (χ4n) is 3.16. The summed E-state index contributed by atoms with van der Waals surface area (Å²) in [6, 6.07) is 26.3. The van der Waals surface area contributed by atoms with E-state index in [4.69, 9.17) is 4.74 Å². The van der Waals surface area contributed by atoms with Gasteiger partial charge in [0.25, 0.3) is 0 Å². The Balaban J connectivity index is 2.23. The lowest BCUT2D eigenvalue weighted by molar-refractivity contribution is -0.160. The van der Waals surface area contributed by atoms with Crippen LogP contribution in [-0.2, 0) is 15.1 Å². The Morgan fingerprint density at radius 1 is 0.846 bits per heavy atom. The number of esters is 1. The average Bonchev–Trinajstić information content (AvgIpc) is 2.67. The Bertz CT molecular complexity index is 857. The summed E-state index contributed by atoms with van der Waals surface area (Å²) in [6.45, 7) is 3.35. The highest BCUT2D eigenvalue weighted by atomic mass is 16.6. The van der Waals surface area contributed by atoms with Crippen LogP contribution in [-0.4, -0.2) is 11.1 Å². The Morgan fingerprint density at radius 2 is 1.35 bits per heavy atom. The van der Waals surface area contributed by atoms with Crippen LogP contribution < -0.4 is 0 Å². The van der Waals surface area contributed by atoms with E-state index in [0.29, 0.717) is 11.1 Å². The quantitative estimate of drug-likeness (QED) is 0.690. The molecule has 1 N–H and O–H groups in total. The van der Waals surface area contributed by atoms with Crippen LogP contribution in [0, 0.1) is 6.92 Å². The predicted molar refractivity (Wildman–Crippen MR) is 102 cm³/mol. The molecule has 3 heteroatoms. The topological polar surface area (TPSA) is 46.5 Å². The van der Waals surface area contributed by atoms with Crippen LogP contribution in [0.2, 0.25) is 0 Å². The third-order valence-corrected chi connectivity index (χ3v) is 4.47. The van der Waals surface area contributed by atoms with Gasteiger partial charge in [-0.1, -0.05) is 90.5 Å². The zero-order valence-corrected chi connectivity index (χ0v) is 14.9. The summed E-state index contributed by atoms with van der Waals surface area (Å²) < 4.78 is 5.65. The molecule has 3 aromatic rings. The van der Waals surface area contributed by atoms with Gasteiger partial charge in [-0.2, -0.15) is 0 Å². The molecule has 0 bridgehead atoms. The van der Waals surface area contributed by atoms with E-state index in [-0.39, 0.29) is 0 Å². The van der Waals surface area contributed by atoms with Gasteiger partial charge in [-0.05, 0) is 23.6 Å². The largest absolute Gasteiger partial charge is 0.454 e. The number of hydrogen-bond donors (Lipinski definition) is 1. The maximum Gasteiger partial charge on any atom is 0.303 e. The van der Waals surface area contributed by atoms with Crippen molar-refractivity contribution in [3.63, 3.8) is 0 Å². The molecule has 0 fully saturated rings. The van der Waals surface area contributed by atoms with Gasteiger partial charge in [0.2, 0.25) is 0 Å². The highest BCUT2D eigenvalue weighted by Gasteiger charge is 2.43. The molecular weight excluding hydrogens is 324 g/mol. The highest BCUT2D eigenvalue weighted by Crippen LogP contribution is 2.43. The number of aryl methyl sites for hydroxylation is 1. The molecule has 0 amide bonds. The molecule has 0 radical (unpaired) electrons. The zero-order valence-electron chi connectivity index (χ0n) is 14.9. The molecule has 3 nitrogen and oxygen atoms in total. The predicted octanol–water partition coefficient (Wildman–Crippen LogP) is 4.54. The number of carbonyl (C=O) groups is 1. The lowest BCUT2D eigenvalue weighted by Crippen LogP contribution is -2.37. The molecular formula is C23H22O3. The van der Waals surface area contributed by atoms with Gasteiger partial charge in [0.05, 0.1) is 0 Å². The van der Waals surface area contributed by atoms with E-state index in [9.17, 15) is 9.90 Å². The normalized spacial score (nSPS) is 14.3. The van der Waals surface area contributed by atoms with Crippen LogP contribution in [0.5, 0.6) is 0 Å². The van der Waals surface area contributed by atoms with E-state index in [1.807, 2.05) is 91.9 Å². The van der Waals surface area contributed by atoms with Crippen LogP contribution in [0.1, 0.15) is 35.3 Å². The minimum absolute atomic E-state index is 0.444. The molecule has 0 aliphatic carbocycles. The lowest BCUT2D eigenvalue weighted by atomic mass is 9.78. The summed E-state index contributed by atoms with van der Waals surface area (Å²) in [7, 11) is 0. The summed E-state index contributed by atoms with van der Waals surface area (Å²) in [5, 5.41) is 11.9. The number of rotatable bonds is 5. The van der Waals surface area contributed by atoms with Gasteiger partial charge in [-0.25, -0.2) is 0 Å². The molecule has 0 heterocycles. The number of ether oxygens (including phenoxy) is 1. The van der Waals surface area contributed by atoms with Crippen LogP contribution in [0.15, 0.2) is 84.9 Å². The minimum atomic E-state index is -1.51. The van der Waals surface area contributed by atoms with Gasteiger partial charge < -0.3 is 9.84 Å². The second-order valence-corrected chi connectivity index (χ2v) is 6.40. The smallest absolute Gasteiger partial charge is 0.303 e. The summed E-state index contributed by atoms with van der Waals surface area (Å²) in [5.41, 5.74) is 1.65. The Labute approximate surface area is 153 Å². The van der Waals surface area contributed by atoms with Gasteiger partial charge in [0.15, 0.2) is 11.7 Å². The SMILES string of the molecule is CC(=O)O[C@H](c1ccccc1)[C@](O)(c1ccccc1)c1ccc(C)cc1. The molecule has 0 unspecified atom stereocenters. The molecule has 0 spiro atoms. The maximum absolute atomic E-state index is 11.9. The van der Waals surface area contributed by atoms with Crippen molar-refractivity contribution in [1.29, 1.82) is 0 Å². The second kappa shape index (κ2) is 7.54. The van der Waals surface area contributed by atoms with Gasteiger partial charge >= 0.3 is 5.97 Å². The van der Waals surface area contributed by atoms with Crippen LogP contribution in [0.4, 0.5) is 0 Å². The molecule has 0 aliphatic heterocycles. The Kier molecular flexibility index (Phi) is 5.19. The zero-order chi connectivity index (χ0) is 18.6. The van der Waals surface area contributed by atoms with Crippen molar-refractivity contribution in [2.24, 2.45) is 0 Å². The van der Waals surface area contributed by atoms with Gasteiger partial charge in [-0.15, -0.1) is 0 Å². The second-order valence-electron chi connectivity index (χ2n) is 6.40. The van der Waals surface area contributed by atoms with E-state index in [1.165, 1.54) is 6.92 Å². The molecule has 26 heavy (non-hydrogen) atoms. The monoisotopic (exact) mass is 346 g/mol. The molecule has 132 valence electrons. The first-order valence-corrected chi connectivity index (χ1v) is 8.59. The Morgan fingerprint density at radius 3 is 1.88 bits per heavy atom. The van der Waals surface area contributed by atoms with Crippen molar-refractivity contribution in [2.75, 3.05) is 0 Å². The van der Waals surface area contributed by atoms with Crippen LogP contribution >= 0.6 is 0 Å².